The lowest BCUT2D eigenvalue weighted by atomic mass is 9.96. The normalized spacial score (nSPS) is 16.6. The van der Waals surface area contributed by atoms with Gasteiger partial charge in [-0.25, -0.2) is 9.37 Å². The van der Waals surface area contributed by atoms with E-state index in [1.165, 1.54) is 0 Å². The third-order valence-corrected chi connectivity index (χ3v) is 7.81. The third kappa shape index (κ3) is 6.77. The number of pyridine rings is 1. The molecule has 0 aliphatic carbocycles. The van der Waals surface area contributed by atoms with Gasteiger partial charge in [0, 0.05) is 36.5 Å². The first-order valence-electron chi connectivity index (χ1n) is 14.4. The van der Waals surface area contributed by atoms with Crippen LogP contribution in [0.25, 0.3) is 0 Å². The third-order valence-electron chi connectivity index (χ3n) is 7.81. The Morgan fingerprint density at radius 2 is 1.86 bits per heavy atom. The smallest absolute Gasteiger partial charge is 0.258 e. The van der Waals surface area contributed by atoms with Crippen molar-refractivity contribution in [1.82, 2.24) is 15.2 Å². The lowest BCUT2D eigenvalue weighted by Crippen LogP contribution is -2.24. The van der Waals surface area contributed by atoms with Crippen molar-refractivity contribution in [2.75, 3.05) is 52.9 Å². The van der Waals surface area contributed by atoms with E-state index in [4.69, 9.17) is 23.9 Å². The van der Waals surface area contributed by atoms with Crippen molar-refractivity contribution >= 4 is 17.4 Å². The van der Waals surface area contributed by atoms with Crippen LogP contribution in [0.2, 0.25) is 0 Å². The van der Waals surface area contributed by atoms with Crippen LogP contribution in [-0.2, 0) is 24.2 Å². The summed E-state index contributed by atoms with van der Waals surface area (Å²) in [7, 11) is 4.79. The second kappa shape index (κ2) is 13.8. The Kier molecular flexibility index (Phi) is 9.76. The van der Waals surface area contributed by atoms with Gasteiger partial charge >= 0.3 is 0 Å². The summed E-state index contributed by atoms with van der Waals surface area (Å²) in [6.07, 6.45) is 3.74. The molecule has 2 aliphatic rings. The molecule has 10 heteroatoms. The Morgan fingerprint density at radius 3 is 2.62 bits per heavy atom. The number of hydrogen-bond acceptors (Lipinski definition) is 8. The van der Waals surface area contributed by atoms with Crippen LogP contribution in [0.15, 0.2) is 42.5 Å². The minimum atomic E-state index is -0.390. The first kappa shape index (κ1) is 29.6. The van der Waals surface area contributed by atoms with Crippen molar-refractivity contribution in [3.63, 3.8) is 0 Å². The number of halogens is 1. The first-order valence-corrected chi connectivity index (χ1v) is 14.4. The Balaban J connectivity index is 1.44. The minimum absolute atomic E-state index is 0.147. The van der Waals surface area contributed by atoms with Gasteiger partial charge in [-0.1, -0.05) is 6.42 Å². The summed E-state index contributed by atoms with van der Waals surface area (Å²) in [5, 5.41) is 6.77. The van der Waals surface area contributed by atoms with Crippen LogP contribution >= 0.6 is 0 Å². The number of fused-ring (bicyclic) bond motifs is 1. The maximum atomic E-state index is 16.1. The van der Waals surface area contributed by atoms with E-state index < -0.39 is 0 Å². The molecule has 2 aromatic carbocycles. The molecule has 1 amide bonds. The standard InChI is InChI=1S/C32H39FN4O5/c1-39-14-15-42-24-11-8-23(9-12-24)35-31-29-26(30(33)27(36-31)16-21-6-4-5-13-34-18-21)20-37(32(29)38)19-22-7-10-25(40-2)17-28(22)41-3/h7-12,17,21,34H,4-6,13-16,18-20H2,1-3H3,(H,35,36). The molecule has 0 bridgehead atoms. The molecule has 42 heavy (non-hydrogen) atoms. The van der Waals surface area contributed by atoms with Crippen molar-refractivity contribution in [2.45, 2.75) is 38.8 Å². The summed E-state index contributed by atoms with van der Waals surface area (Å²) >= 11 is 0. The number of carbonyl (C=O) groups excluding carboxylic acids is 1. The molecule has 3 aromatic rings. The number of hydrogen-bond donors (Lipinski definition) is 2. The van der Waals surface area contributed by atoms with Crippen LogP contribution in [0.1, 0.15) is 46.4 Å². The topological polar surface area (TPSA) is 94.2 Å². The molecule has 5 rings (SSSR count). The lowest BCUT2D eigenvalue weighted by molar-refractivity contribution is 0.0766. The van der Waals surface area contributed by atoms with Crippen LogP contribution in [0.5, 0.6) is 17.2 Å². The lowest BCUT2D eigenvalue weighted by Gasteiger charge is -2.18. The molecule has 1 atom stereocenters. The number of benzene rings is 2. The van der Waals surface area contributed by atoms with E-state index in [1.54, 1.807) is 32.3 Å². The zero-order valence-electron chi connectivity index (χ0n) is 24.5. The van der Waals surface area contributed by atoms with Crippen LogP contribution in [0.3, 0.4) is 0 Å². The molecule has 224 valence electrons. The van der Waals surface area contributed by atoms with Gasteiger partial charge in [0.15, 0.2) is 5.82 Å². The van der Waals surface area contributed by atoms with E-state index in [9.17, 15) is 4.79 Å². The molecule has 3 heterocycles. The van der Waals surface area contributed by atoms with Crippen LogP contribution in [-0.4, -0.2) is 63.4 Å². The molecule has 1 unspecified atom stereocenters. The van der Waals surface area contributed by atoms with Gasteiger partial charge in [-0.15, -0.1) is 0 Å². The van der Waals surface area contributed by atoms with Crippen molar-refractivity contribution in [1.29, 1.82) is 0 Å². The van der Waals surface area contributed by atoms with E-state index in [0.717, 1.165) is 43.6 Å². The average Bonchev–Trinajstić information content (AvgIpc) is 3.15. The van der Waals surface area contributed by atoms with E-state index in [0.29, 0.717) is 54.0 Å². The number of aromatic nitrogens is 1. The summed E-state index contributed by atoms with van der Waals surface area (Å²) in [5.41, 5.74) is 2.56. The molecule has 2 N–H and O–H groups in total. The molecule has 1 saturated heterocycles. The van der Waals surface area contributed by atoms with E-state index in [-0.39, 0.29) is 36.3 Å². The van der Waals surface area contributed by atoms with Gasteiger partial charge in [0.25, 0.3) is 5.91 Å². The molecular formula is C32H39FN4O5. The van der Waals surface area contributed by atoms with Crippen molar-refractivity contribution in [2.24, 2.45) is 5.92 Å². The van der Waals surface area contributed by atoms with Crippen molar-refractivity contribution in [3.8, 4) is 17.2 Å². The highest BCUT2D eigenvalue weighted by molar-refractivity contribution is 6.03. The highest BCUT2D eigenvalue weighted by atomic mass is 19.1. The molecule has 0 saturated carbocycles. The van der Waals surface area contributed by atoms with E-state index in [1.807, 2.05) is 36.4 Å². The minimum Gasteiger partial charge on any atom is -0.497 e. The molecule has 2 aliphatic heterocycles. The van der Waals surface area contributed by atoms with Gasteiger partial charge in [0.2, 0.25) is 0 Å². The molecule has 0 radical (unpaired) electrons. The first-order chi connectivity index (χ1) is 20.5. The second-order valence-corrected chi connectivity index (χ2v) is 10.7. The number of amides is 1. The number of nitrogens with zero attached hydrogens (tertiary/aromatic N) is 2. The quantitative estimate of drug-likeness (QED) is 0.287. The summed E-state index contributed by atoms with van der Waals surface area (Å²) in [6, 6.07) is 12.8. The number of rotatable bonds is 12. The number of anilines is 2. The average molecular weight is 579 g/mol. The van der Waals surface area contributed by atoms with Crippen molar-refractivity contribution in [3.05, 3.63) is 70.7 Å². The zero-order chi connectivity index (χ0) is 29.5. The Morgan fingerprint density at radius 1 is 1.05 bits per heavy atom. The van der Waals surface area contributed by atoms with Crippen LogP contribution < -0.4 is 24.8 Å². The van der Waals surface area contributed by atoms with E-state index in [2.05, 4.69) is 10.6 Å². The molecule has 1 aromatic heterocycles. The summed E-state index contributed by atoms with van der Waals surface area (Å²) in [5.74, 6) is 1.93. The van der Waals surface area contributed by atoms with Gasteiger partial charge in [0.05, 0.1) is 38.6 Å². The second-order valence-electron chi connectivity index (χ2n) is 10.7. The molecule has 0 spiro atoms. The Bertz CT molecular complexity index is 1380. The number of methoxy groups -OCH3 is 3. The summed E-state index contributed by atoms with van der Waals surface area (Å²) < 4.78 is 37.7. The molecule has 9 nitrogen and oxygen atoms in total. The SMILES string of the molecule is COCCOc1ccc(Nc2nc(CC3CCCCNC3)c(F)c3c2C(=O)N(Cc2ccc(OC)cc2OC)C3)cc1. The molecule has 1 fully saturated rings. The van der Waals surface area contributed by atoms with Crippen LogP contribution in [0.4, 0.5) is 15.9 Å². The van der Waals surface area contributed by atoms with Gasteiger partial charge in [0.1, 0.15) is 29.7 Å². The number of carbonyl (C=O) groups is 1. The number of ether oxygens (including phenoxy) is 4. The van der Waals surface area contributed by atoms with Gasteiger partial charge in [-0.05, 0) is 74.7 Å². The maximum absolute atomic E-state index is 16.1. The fourth-order valence-electron chi connectivity index (χ4n) is 5.56. The highest BCUT2D eigenvalue weighted by Crippen LogP contribution is 2.36. The maximum Gasteiger partial charge on any atom is 0.258 e. The van der Waals surface area contributed by atoms with E-state index >= 15 is 4.39 Å². The van der Waals surface area contributed by atoms with Gasteiger partial charge in [-0.3, -0.25) is 4.79 Å². The summed E-state index contributed by atoms with van der Waals surface area (Å²) in [6.45, 7) is 3.15. The Labute approximate surface area is 246 Å². The number of nitrogens with one attached hydrogen (secondary N) is 2. The van der Waals surface area contributed by atoms with Gasteiger partial charge < -0.3 is 34.5 Å². The summed E-state index contributed by atoms with van der Waals surface area (Å²) in [4.78, 5) is 20.2. The van der Waals surface area contributed by atoms with Gasteiger partial charge in [-0.2, -0.15) is 0 Å². The van der Waals surface area contributed by atoms with Crippen molar-refractivity contribution < 1.29 is 28.1 Å². The molecular weight excluding hydrogens is 539 g/mol. The zero-order valence-corrected chi connectivity index (χ0v) is 24.5. The fraction of sp³-hybridized carbons (Fsp3) is 0.438. The Hall–Kier alpha value is -3.89. The largest absolute Gasteiger partial charge is 0.497 e. The predicted molar refractivity (Wildman–Crippen MR) is 158 cm³/mol. The van der Waals surface area contributed by atoms with Crippen LogP contribution in [0, 0.1) is 11.7 Å². The predicted octanol–water partition coefficient (Wildman–Crippen LogP) is 5.09. The monoisotopic (exact) mass is 578 g/mol. The highest BCUT2D eigenvalue weighted by Gasteiger charge is 2.36. The fourth-order valence-corrected chi connectivity index (χ4v) is 5.56.